The summed E-state index contributed by atoms with van der Waals surface area (Å²) in [5.74, 6) is -0.0857. The van der Waals surface area contributed by atoms with Crippen LogP contribution in [0.15, 0.2) is 48.1 Å². The number of thiazole rings is 1. The number of hydrogen-bond acceptors (Lipinski definition) is 4. The van der Waals surface area contributed by atoms with E-state index in [0.717, 1.165) is 16.9 Å². The molecule has 1 N–H and O–H groups in total. The van der Waals surface area contributed by atoms with Crippen LogP contribution in [0.2, 0.25) is 0 Å². The number of nitrogens with zero attached hydrogens (tertiary/aromatic N) is 3. The fourth-order valence-electron chi connectivity index (χ4n) is 2.20. The Morgan fingerprint density at radius 2 is 2.00 bits per heavy atom. The molecule has 2 heterocycles. The number of rotatable bonds is 4. The van der Waals surface area contributed by atoms with Gasteiger partial charge < -0.3 is 5.32 Å². The maximum absolute atomic E-state index is 12.2. The summed E-state index contributed by atoms with van der Waals surface area (Å²) in [5, 5.41) is 9.80. The molecule has 24 heavy (non-hydrogen) atoms. The Morgan fingerprint density at radius 1 is 1.25 bits per heavy atom. The number of aromatic nitrogens is 3. The van der Waals surface area contributed by atoms with E-state index in [9.17, 15) is 4.79 Å². The number of para-hydroxylation sites is 1. The molecule has 2 aromatic heterocycles. The van der Waals surface area contributed by atoms with Gasteiger partial charge in [0.15, 0.2) is 5.13 Å². The second-order valence-corrected chi connectivity index (χ2v) is 7.50. The number of carbonyl (C=O) groups excluding carboxylic acids is 1. The van der Waals surface area contributed by atoms with Crippen molar-refractivity contribution in [3.63, 3.8) is 0 Å². The molecule has 5 nitrogen and oxygen atoms in total. The fraction of sp³-hybridized carbons (Fsp3) is 0.278. The molecule has 1 amide bonds. The second-order valence-electron chi connectivity index (χ2n) is 6.64. The lowest BCUT2D eigenvalue weighted by Gasteiger charge is -2.14. The van der Waals surface area contributed by atoms with Gasteiger partial charge in [0.2, 0.25) is 5.91 Å². The number of hydrogen-bond donors (Lipinski definition) is 1. The van der Waals surface area contributed by atoms with Crippen LogP contribution in [-0.4, -0.2) is 20.7 Å². The van der Waals surface area contributed by atoms with E-state index in [4.69, 9.17) is 0 Å². The molecule has 0 spiro atoms. The van der Waals surface area contributed by atoms with Crippen molar-refractivity contribution in [1.29, 1.82) is 0 Å². The molecule has 0 radical (unpaired) electrons. The van der Waals surface area contributed by atoms with E-state index in [0.29, 0.717) is 5.13 Å². The third-order valence-electron chi connectivity index (χ3n) is 3.54. The van der Waals surface area contributed by atoms with Crippen molar-refractivity contribution >= 4 is 22.4 Å². The first-order valence-electron chi connectivity index (χ1n) is 7.76. The normalized spacial score (nSPS) is 11.5. The van der Waals surface area contributed by atoms with Gasteiger partial charge in [0.1, 0.15) is 0 Å². The van der Waals surface area contributed by atoms with Crippen LogP contribution in [-0.2, 0) is 16.6 Å². The maximum Gasteiger partial charge on any atom is 0.230 e. The van der Waals surface area contributed by atoms with Crippen molar-refractivity contribution in [2.75, 3.05) is 5.32 Å². The quantitative estimate of drug-likeness (QED) is 0.786. The van der Waals surface area contributed by atoms with Crippen molar-refractivity contribution in [2.45, 2.75) is 32.6 Å². The third kappa shape index (κ3) is 3.89. The van der Waals surface area contributed by atoms with Crippen LogP contribution in [0.5, 0.6) is 0 Å². The summed E-state index contributed by atoms with van der Waals surface area (Å²) in [6, 6.07) is 9.82. The first kappa shape index (κ1) is 16.4. The van der Waals surface area contributed by atoms with E-state index in [1.807, 2.05) is 41.9 Å². The van der Waals surface area contributed by atoms with Gasteiger partial charge in [-0.25, -0.2) is 9.67 Å². The highest BCUT2D eigenvalue weighted by Crippen LogP contribution is 2.26. The third-order valence-corrected chi connectivity index (χ3v) is 4.30. The largest absolute Gasteiger partial charge is 0.302 e. The smallest absolute Gasteiger partial charge is 0.230 e. The number of anilines is 1. The van der Waals surface area contributed by atoms with Gasteiger partial charge in [-0.3, -0.25) is 4.79 Å². The van der Waals surface area contributed by atoms with E-state index in [1.54, 1.807) is 10.9 Å². The number of amides is 1. The predicted molar refractivity (Wildman–Crippen MR) is 96.7 cm³/mol. The summed E-state index contributed by atoms with van der Waals surface area (Å²) >= 11 is 1.45. The molecule has 0 fully saturated rings. The molecule has 3 aromatic rings. The Kier molecular flexibility index (Phi) is 4.49. The maximum atomic E-state index is 12.2. The highest BCUT2D eigenvalue weighted by molar-refractivity contribution is 7.13. The SMILES string of the molecule is CC(C)(C)c1csc(NC(=O)Cc2cnn(-c3ccccc3)c2)n1. The zero-order chi connectivity index (χ0) is 17.2. The molecule has 3 rings (SSSR count). The summed E-state index contributed by atoms with van der Waals surface area (Å²) in [5.41, 5.74) is 2.80. The zero-order valence-electron chi connectivity index (χ0n) is 14.0. The molecule has 0 aliphatic heterocycles. The van der Waals surface area contributed by atoms with E-state index in [1.165, 1.54) is 11.3 Å². The molecule has 0 atom stereocenters. The van der Waals surface area contributed by atoms with Crippen LogP contribution in [0, 0.1) is 0 Å². The lowest BCUT2D eigenvalue weighted by Crippen LogP contribution is -2.15. The van der Waals surface area contributed by atoms with Crippen LogP contribution in [0.3, 0.4) is 0 Å². The number of benzene rings is 1. The predicted octanol–water partition coefficient (Wildman–Crippen LogP) is 3.81. The van der Waals surface area contributed by atoms with E-state index in [2.05, 4.69) is 36.2 Å². The Bertz CT molecular complexity index is 830. The van der Waals surface area contributed by atoms with Crippen molar-refractivity contribution in [1.82, 2.24) is 14.8 Å². The van der Waals surface area contributed by atoms with Crippen LogP contribution in [0.4, 0.5) is 5.13 Å². The van der Waals surface area contributed by atoms with Crippen molar-refractivity contribution < 1.29 is 4.79 Å². The second kappa shape index (κ2) is 6.57. The molecule has 6 heteroatoms. The minimum absolute atomic E-state index is 0.0176. The molecule has 0 aliphatic carbocycles. The fourth-order valence-corrected chi connectivity index (χ4v) is 3.15. The first-order chi connectivity index (χ1) is 11.4. The lowest BCUT2D eigenvalue weighted by atomic mass is 9.93. The molecular weight excluding hydrogens is 320 g/mol. The summed E-state index contributed by atoms with van der Waals surface area (Å²) in [6.07, 6.45) is 3.86. The van der Waals surface area contributed by atoms with Gasteiger partial charge in [0.05, 0.1) is 24.0 Å². The summed E-state index contributed by atoms with van der Waals surface area (Å²) < 4.78 is 1.77. The van der Waals surface area contributed by atoms with Crippen molar-refractivity contribution in [2.24, 2.45) is 0 Å². The molecule has 0 aliphatic rings. The Morgan fingerprint density at radius 3 is 2.67 bits per heavy atom. The number of nitrogens with one attached hydrogen (secondary N) is 1. The standard InChI is InChI=1S/C18H20N4OS/c1-18(2,3)15-12-24-17(20-15)21-16(23)9-13-10-19-22(11-13)14-7-5-4-6-8-14/h4-8,10-12H,9H2,1-3H3,(H,20,21,23). The monoisotopic (exact) mass is 340 g/mol. The lowest BCUT2D eigenvalue weighted by molar-refractivity contribution is -0.115. The van der Waals surface area contributed by atoms with E-state index in [-0.39, 0.29) is 17.7 Å². The summed E-state index contributed by atoms with van der Waals surface area (Å²) in [4.78, 5) is 16.7. The van der Waals surface area contributed by atoms with Crippen LogP contribution >= 0.6 is 11.3 Å². The highest BCUT2D eigenvalue weighted by Gasteiger charge is 2.18. The minimum Gasteiger partial charge on any atom is -0.302 e. The summed E-state index contributed by atoms with van der Waals surface area (Å²) in [7, 11) is 0. The van der Waals surface area contributed by atoms with Gasteiger partial charge in [0, 0.05) is 17.0 Å². The number of carbonyl (C=O) groups is 1. The zero-order valence-corrected chi connectivity index (χ0v) is 14.8. The molecular formula is C18H20N4OS. The van der Waals surface area contributed by atoms with Gasteiger partial charge >= 0.3 is 0 Å². The van der Waals surface area contributed by atoms with Crippen molar-refractivity contribution in [3.8, 4) is 5.69 Å². The summed E-state index contributed by atoms with van der Waals surface area (Å²) in [6.45, 7) is 6.31. The molecule has 124 valence electrons. The van der Waals surface area contributed by atoms with Crippen LogP contribution < -0.4 is 5.32 Å². The highest BCUT2D eigenvalue weighted by atomic mass is 32.1. The van der Waals surface area contributed by atoms with E-state index >= 15 is 0 Å². The van der Waals surface area contributed by atoms with Crippen molar-refractivity contribution in [3.05, 3.63) is 59.4 Å². The van der Waals surface area contributed by atoms with Gasteiger partial charge in [-0.1, -0.05) is 39.0 Å². The molecule has 0 unspecified atom stereocenters. The van der Waals surface area contributed by atoms with Gasteiger partial charge in [-0.2, -0.15) is 5.10 Å². The van der Waals surface area contributed by atoms with E-state index < -0.39 is 0 Å². The molecule has 0 saturated heterocycles. The molecule has 1 aromatic carbocycles. The minimum atomic E-state index is -0.0857. The first-order valence-corrected chi connectivity index (χ1v) is 8.64. The topological polar surface area (TPSA) is 59.8 Å². The Balaban J connectivity index is 1.63. The van der Waals surface area contributed by atoms with Gasteiger partial charge in [0.25, 0.3) is 0 Å². The molecule has 0 saturated carbocycles. The van der Waals surface area contributed by atoms with Gasteiger partial charge in [-0.05, 0) is 17.7 Å². The average Bonchev–Trinajstić information content (AvgIpc) is 3.17. The van der Waals surface area contributed by atoms with Crippen LogP contribution in [0.25, 0.3) is 5.69 Å². The molecule has 0 bridgehead atoms. The van der Waals surface area contributed by atoms with Gasteiger partial charge in [-0.15, -0.1) is 11.3 Å². The average molecular weight is 340 g/mol. The Hall–Kier alpha value is -2.47. The Labute approximate surface area is 145 Å². The van der Waals surface area contributed by atoms with Crippen LogP contribution in [0.1, 0.15) is 32.0 Å².